The van der Waals surface area contributed by atoms with Crippen molar-refractivity contribution >= 4 is 5.91 Å². The largest absolute Gasteiger partial charge is 0.491 e. The van der Waals surface area contributed by atoms with Crippen molar-refractivity contribution in [3.8, 4) is 28.7 Å². The molecule has 32 heavy (non-hydrogen) atoms. The summed E-state index contributed by atoms with van der Waals surface area (Å²) in [4.78, 5) is 23.2. The van der Waals surface area contributed by atoms with Gasteiger partial charge in [-0.1, -0.05) is 0 Å². The van der Waals surface area contributed by atoms with Crippen molar-refractivity contribution in [1.29, 1.82) is 0 Å². The minimum Gasteiger partial charge on any atom is -0.491 e. The van der Waals surface area contributed by atoms with Crippen LogP contribution in [-0.2, 0) is 17.8 Å². The van der Waals surface area contributed by atoms with Crippen LogP contribution in [0.2, 0.25) is 0 Å². The molecule has 5 rings (SSSR count). The van der Waals surface area contributed by atoms with Crippen LogP contribution in [0, 0.1) is 0 Å². The Balaban J connectivity index is 1.52. The molecule has 0 atom stereocenters. The second kappa shape index (κ2) is 7.93. The maximum atomic E-state index is 12.9. The van der Waals surface area contributed by atoms with E-state index in [1.54, 1.807) is 33.9 Å². The number of aromatic nitrogens is 5. The average Bonchev–Trinajstić information content (AvgIpc) is 3.36. The summed E-state index contributed by atoms with van der Waals surface area (Å²) in [5.41, 5.74) is 1.33. The van der Waals surface area contributed by atoms with Gasteiger partial charge in [-0.2, -0.15) is 18.3 Å². The van der Waals surface area contributed by atoms with Crippen LogP contribution in [0.5, 0.6) is 5.75 Å². The molecular formula is C20H19F3N6O3. The standard InChI is InChI=1S/C20H19F3N6O3/c21-20(22,23)11-29-18(24-12-25-29)15-10-28-5-8-32-16-2-1-13(9-14(16)17(28)26-15)19(30)27-3-6-31-7-4-27/h1-2,9-10,12H,3-8,11H2. The number of amides is 1. The molecule has 3 aromatic rings. The van der Waals surface area contributed by atoms with Crippen molar-refractivity contribution in [3.63, 3.8) is 0 Å². The van der Waals surface area contributed by atoms with E-state index in [1.807, 2.05) is 0 Å². The SMILES string of the molecule is O=C(c1ccc2c(c1)-c1nc(-c3ncnn3CC(F)(F)F)cn1CCO2)N1CCOCC1. The molecule has 2 aliphatic heterocycles. The van der Waals surface area contributed by atoms with E-state index in [0.717, 1.165) is 11.0 Å². The number of carbonyl (C=O) groups excluding carboxylic acids is 1. The second-order valence-electron chi connectivity index (χ2n) is 7.46. The summed E-state index contributed by atoms with van der Waals surface area (Å²) in [6.45, 7) is 1.54. The Morgan fingerprint density at radius 2 is 1.91 bits per heavy atom. The topological polar surface area (TPSA) is 87.3 Å². The van der Waals surface area contributed by atoms with Crippen LogP contribution in [0.1, 0.15) is 10.4 Å². The molecule has 0 radical (unpaired) electrons. The number of morpholine rings is 1. The van der Waals surface area contributed by atoms with Crippen molar-refractivity contribution < 1.29 is 27.4 Å². The molecule has 0 spiro atoms. The minimum absolute atomic E-state index is 0.0194. The van der Waals surface area contributed by atoms with Gasteiger partial charge in [-0.15, -0.1) is 0 Å². The number of benzene rings is 1. The summed E-state index contributed by atoms with van der Waals surface area (Å²) in [5.74, 6) is 0.941. The molecule has 0 bridgehead atoms. The molecule has 1 aromatic carbocycles. The fourth-order valence-electron chi connectivity index (χ4n) is 3.82. The van der Waals surface area contributed by atoms with Crippen LogP contribution in [0.15, 0.2) is 30.7 Å². The first-order valence-electron chi connectivity index (χ1n) is 10.1. The minimum atomic E-state index is -4.44. The molecule has 2 aromatic heterocycles. The number of alkyl halides is 3. The molecule has 0 N–H and O–H groups in total. The first-order chi connectivity index (χ1) is 15.4. The van der Waals surface area contributed by atoms with Gasteiger partial charge >= 0.3 is 6.18 Å². The van der Waals surface area contributed by atoms with Gasteiger partial charge in [-0.25, -0.2) is 14.6 Å². The Morgan fingerprint density at radius 3 is 2.69 bits per heavy atom. The summed E-state index contributed by atoms with van der Waals surface area (Å²) >= 11 is 0. The predicted octanol–water partition coefficient (Wildman–Crippen LogP) is 2.24. The number of carbonyl (C=O) groups is 1. The molecule has 168 valence electrons. The normalized spacial score (nSPS) is 16.2. The van der Waals surface area contributed by atoms with Gasteiger partial charge in [0.25, 0.3) is 5.91 Å². The van der Waals surface area contributed by atoms with E-state index < -0.39 is 12.7 Å². The highest BCUT2D eigenvalue weighted by Crippen LogP contribution is 2.35. The number of fused-ring (bicyclic) bond motifs is 3. The van der Waals surface area contributed by atoms with Crippen LogP contribution in [-0.4, -0.2) is 74.2 Å². The van der Waals surface area contributed by atoms with Crippen molar-refractivity contribution in [2.24, 2.45) is 0 Å². The zero-order valence-corrected chi connectivity index (χ0v) is 16.9. The lowest BCUT2D eigenvalue weighted by Crippen LogP contribution is -2.40. The van der Waals surface area contributed by atoms with Gasteiger partial charge < -0.3 is 18.9 Å². The fraction of sp³-hybridized carbons (Fsp3) is 0.400. The third kappa shape index (κ3) is 3.93. The van der Waals surface area contributed by atoms with E-state index in [1.165, 1.54) is 0 Å². The molecule has 2 aliphatic rings. The van der Waals surface area contributed by atoms with E-state index in [0.29, 0.717) is 62.2 Å². The van der Waals surface area contributed by atoms with Crippen LogP contribution in [0.4, 0.5) is 13.2 Å². The number of imidazole rings is 1. The molecule has 1 fully saturated rings. The maximum absolute atomic E-state index is 12.9. The zero-order valence-electron chi connectivity index (χ0n) is 16.9. The van der Waals surface area contributed by atoms with Crippen LogP contribution >= 0.6 is 0 Å². The number of hydrogen-bond acceptors (Lipinski definition) is 6. The Kier molecular flexibility index (Phi) is 5.08. The highest BCUT2D eigenvalue weighted by atomic mass is 19.4. The summed E-state index contributed by atoms with van der Waals surface area (Å²) in [5, 5.41) is 3.69. The number of nitrogens with zero attached hydrogens (tertiary/aromatic N) is 6. The summed E-state index contributed by atoms with van der Waals surface area (Å²) < 4.78 is 52.3. The quantitative estimate of drug-likeness (QED) is 0.611. The average molecular weight is 448 g/mol. The third-order valence-corrected chi connectivity index (χ3v) is 5.31. The smallest absolute Gasteiger partial charge is 0.408 e. The number of halogens is 3. The van der Waals surface area contributed by atoms with Gasteiger partial charge in [-0.05, 0) is 18.2 Å². The van der Waals surface area contributed by atoms with E-state index in [4.69, 9.17) is 9.47 Å². The van der Waals surface area contributed by atoms with E-state index >= 15 is 0 Å². The number of ether oxygens (including phenoxy) is 2. The Hall–Kier alpha value is -3.41. The van der Waals surface area contributed by atoms with Gasteiger partial charge in [-0.3, -0.25) is 4.79 Å². The van der Waals surface area contributed by atoms with Crippen LogP contribution in [0.3, 0.4) is 0 Å². The van der Waals surface area contributed by atoms with Crippen molar-refractivity contribution in [2.45, 2.75) is 19.3 Å². The van der Waals surface area contributed by atoms with Gasteiger partial charge in [0.2, 0.25) is 0 Å². The van der Waals surface area contributed by atoms with Crippen LogP contribution < -0.4 is 4.74 Å². The van der Waals surface area contributed by atoms with Crippen molar-refractivity contribution in [3.05, 3.63) is 36.3 Å². The van der Waals surface area contributed by atoms with Gasteiger partial charge in [0.15, 0.2) is 5.82 Å². The summed E-state index contributed by atoms with van der Waals surface area (Å²) in [6.07, 6.45) is -1.74. The fourth-order valence-corrected chi connectivity index (χ4v) is 3.82. The molecule has 0 saturated carbocycles. The highest BCUT2D eigenvalue weighted by molar-refractivity contribution is 5.96. The predicted molar refractivity (Wildman–Crippen MR) is 105 cm³/mol. The van der Waals surface area contributed by atoms with Crippen molar-refractivity contribution in [1.82, 2.24) is 29.2 Å². The Morgan fingerprint density at radius 1 is 1.09 bits per heavy atom. The maximum Gasteiger partial charge on any atom is 0.408 e. The lowest BCUT2D eigenvalue weighted by molar-refractivity contribution is -0.142. The molecule has 0 unspecified atom stereocenters. The molecule has 1 amide bonds. The first kappa shape index (κ1) is 20.5. The van der Waals surface area contributed by atoms with Gasteiger partial charge in [0, 0.05) is 24.8 Å². The third-order valence-electron chi connectivity index (χ3n) is 5.31. The van der Waals surface area contributed by atoms with E-state index in [9.17, 15) is 18.0 Å². The van der Waals surface area contributed by atoms with E-state index in [2.05, 4.69) is 15.1 Å². The molecule has 1 saturated heterocycles. The Labute approximate surface area is 180 Å². The molecule has 12 heteroatoms. The summed E-state index contributed by atoms with van der Waals surface area (Å²) in [6, 6.07) is 5.14. The first-order valence-corrected chi connectivity index (χ1v) is 10.1. The molecule has 4 heterocycles. The zero-order chi connectivity index (χ0) is 22.3. The molecule has 0 aliphatic carbocycles. The number of rotatable bonds is 3. The lowest BCUT2D eigenvalue weighted by atomic mass is 10.1. The van der Waals surface area contributed by atoms with Crippen LogP contribution in [0.25, 0.3) is 22.9 Å². The monoisotopic (exact) mass is 448 g/mol. The number of hydrogen-bond donors (Lipinski definition) is 0. The highest BCUT2D eigenvalue weighted by Gasteiger charge is 2.31. The van der Waals surface area contributed by atoms with Crippen molar-refractivity contribution in [2.75, 3.05) is 32.9 Å². The van der Waals surface area contributed by atoms with Gasteiger partial charge in [0.1, 0.15) is 36.7 Å². The molecular weight excluding hydrogens is 429 g/mol. The second-order valence-corrected chi connectivity index (χ2v) is 7.46. The Bertz CT molecular complexity index is 1150. The van der Waals surface area contributed by atoms with Gasteiger partial charge in [0.05, 0.1) is 25.3 Å². The molecule has 9 nitrogen and oxygen atoms in total. The summed E-state index contributed by atoms with van der Waals surface area (Å²) in [7, 11) is 0. The van der Waals surface area contributed by atoms with E-state index in [-0.39, 0.29) is 17.4 Å². The lowest BCUT2D eigenvalue weighted by Gasteiger charge is -2.27.